The monoisotopic (exact) mass is 325 g/mol. The predicted octanol–water partition coefficient (Wildman–Crippen LogP) is 4.21. The van der Waals surface area contributed by atoms with E-state index in [0.717, 1.165) is 30.6 Å². The van der Waals surface area contributed by atoms with E-state index in [1.165, 1.54) is 57.1 Å². The molecule has 2 aliphatic carbocycles. The van der Waals surface area contributed by atoms with Crippen molar-refractivity contribution in [3.8, 4) is 0 Å². The summed E-state index contributed by atoms with van der Waals surface area (Å²) in [6.07, 6.45) is 10.3. The Hall–Kier alpha value is -1.68. The van der Waals surface area contributed by atoms with Gasteiger partial charge in [0.25, 0.3) is 0 Å². The van der Waals surface area contributed by atoms with Crippen molar-refractivity contribution < 1.29 is 4.52 Å². The van der Waals surface area contributed by atoms with Crippen molar-refractivity contribution in [2.24, 2.45) is 5.92 Å². The van der Waals surface area contributed by atoms with E-state index in [0.29, 0.717) is 6.04 Å². The molecule has 1 aromatic heterocycles. The van der Waals surface area contributed by atoms with Gasteiger partial charge < -0.3 is 4.52 Å². The Morgan fingerprint density at radius 1 is 1.00 bits per heavy atom. The molecule has 2 aliphatic rings. The topological polar surface area (TPSA) is 42.2 Å². The molecule has 2 fully saturated rings. The summed E-state index contributed by atoms with van der Waals surface area (Å²) in [5, 5.41) is 4.19. The van der Waals surface area contributed by atoms with E-state index in [4.69, 9.17) is 4.52 Å². The van der Waals surface area contributed by atoms with Crippen molar-refractivity contribution in [1.29, 1.82) is 0 Å². The van der Waals surface area contributed by atoms with Crippen LogP contribution < -0.4 is 0 Å². The van der Waals surface area contributed by atoms with E-state index in [2.05, 4.69) is 39.3 Å². The van der Waals surface area contributed by atoms with Crippen LogP contribution in [0.2, 0.25) is 0 Å². The zero-order valence-electron chi connectivity index (χ0n) is 14.4. The van der Waals surface area contributed by atoms with Gasteiger partial charge in [-0.1, -0.05) is 54.8 Å². The van der Waals surface area contributed by atoms with Gasteiger partial charge in [0.15, 0.2) is 5.82 Å². The van der Waals surface area contributed by atoms with Crippen LogP contribution in [0.1, 0.15) is 62.2 Å². The molecule has 24 heavy (non-hydrogen) atoms. The van der Waals surface area contributed by atoms with Gasteiger partial charge >= 0.3 is 0 Å². The van der Waals surface area contributed by atoms with Gasteiger partial charge in [-0.3, -0.25) is 4.90 Å². The van der Waals surface area contributed by atoms with Crippen LogP contribution in [0.25, 0.3) is 0 Å². The van der Waals surface area contributed by atoms with Crippen molar-refractivity contribution in [3.05, 3.63) is 47.6 Å². The van der Waals surface area contributed by atoms with Crippen molar-refractivity contribution in [3.63, 3.8) is 0 Å². The van der Waals surface area contributed by atoms with Gasteiger partial charge in [-0.05, 0) is 37.2 Å². The first-order chi connectivity index (χ1) is 11.9. The molecule has 4 heteroatoms. The van der Waals surface area contributed by atoms with Crippen LogP contribution in [0, 0.1) is 5.92 Å². The maximum Gasteiger partial charge on any atom is 0.240 e. The Bertz CT molecular complexity index is 629. The SMILES string of the molecule is c1ccc(Cc2noc(CN(CC3CC3)C3CCCCC3)n2)cc1. The first kappa shape index (κ1) is 15.8. The standard InChI is InChI=1S/C20H27N3O/c1-3-7-16(8-4-1)13-19-21-20(24-22-19)15-23(14-17-11-12-17)18-9-5-2-6-10-18/h1,3-4,7-8,17-18H,2,5-6,9-15H2. The molecule has 0 N–H and O–H groups in total. The first-order valence-corrected chi connectivity index (χ1v) is 9.46. The van der Waals surface area contributed by atoms with Crippen molar-refractivity contribution in [1.82, 2.24) is 15.0 Å². The molecule has 0 spiro atoms. The fourth-order valence-corrected chi connectivity index (χ4v) is 3.80. The van der Waals surface area contributed by atoms with Crippen LogP contribution in [-0.4, -0.2) is 27.6 Å². The highest BCUT2D eigenvalue weighted by molar-refractivity contribution is 5.18. The molecule has 2 saturated carbocycles. The van der Waals surface area contributed by atoms with Gasteiger partial charge in [0.1, 0.15) is 0 Å². The third-order valence-electron chi connectivity index (χ3n) is 5.33. The van der Waals surface area contributed by atoms with E-state index in [1.54, 1.807) is 0 Å². The van der Waals surface area contributed by atoms with E-state index in [-0.39, 0.29) is 0 Å². The Labute approximate surface area is 144 Å². The molecule has 4 rings (SSSR count). The second-order valence-electron chi connectivity index (χ2n) is 7.43. The van der Waals surface area contributed by atoms with Gasteiger partial charge in [-0.2, -0.15) is 4.98 Å². The molecule has 0 saturated heterocycles. The summed E-state index contributed by atoms with van der Waals surface area (Å²) >= 11 is 0. The van der Waals surface area contributed by atoms with Crippen molar-refractivity contribution in [2.45, 2.75) is 64.0 Å². The van der Waals surface area contributed by atoms with Crippen molar-refractivity contribution in [2.75, 3.05) is 6.54 Å². The second kappa shape index (κ2) is 7.47. The smallest absolute Gasteiger partial charge is 0.240 e. The predicted molar refractivity (Wildman–Crippen MR) is 93.6 cm³/mol. The molecule has 0 radical (unpaired) electrons. The Balaban J connectivity index is 1.40. The maximum atomic E-state index is 5.56. The van der Waals surface area contributed by atoms with Gasteiger partial charge in [-0.15, -0.1) is 0 Å². The Morgan fingerprint density at radius 2 is 1.79 bits per heavy atom. The molecule has 0 bridgehead atoms. The van der Waals surface area contributed by atoms with E-state index >= 15 is 0 Å². The van der Waals surface area contributed by atoms with E-state index in [1.807, 2.05) is 6.07 Å². The lowest BCUT2D eigenvalue weighted by Crippen LogP contribution is -2.37. The molecular weight excluding hydrogens is 298 g/mol. The third kappa shape index (κ3) is 4.23. The lowest BCUT2D eigenvalue weighted by molar-refractivity contribution is 0.126. The quantitative estimate of drug-likeness (QED) is 0.765. The lowest BCUT2D eigenvalue weighted by Gasteiger charge is -2.33. The first-order valence-electron chi connectivity index (χ1n) is 9.46. The highest BCUT2D eigenvalue weighted by Crippen LogP contribution is 2.33. The van der Waals surface area contributed by atoms with Crippen LogP contribution in [-0.2, 0) is 13.0 Å². The fourth-order valence-electron chi connectivity index (χ4n) is 3.80. The highest BCUT2D eigenvalue weighted by Gasteiger charge is 2.30. The third-order valence-corrected chi connectivity index (χ3v) is 5.33. The molecular formula is C20H27N3O. The summed E-state index contributed by atoms with van der Waals surface area (Å²) in [6, 6.07) is 11.1. The van der Waals surface area contributed by atoms with Crippen LogP contribution in [0.4, 0.5) is 0 Å². The van der Waals surface area contributed by atoms with E-state index in [9.17, 15) is 0 Å². The molecule has 0 aliphatic heterocycles. The number of aromatic nitrogens is 2. The maximum absolute atomic E-state index is 5.56. The number of hydrogen-bond acceptors (Lipinski definition) is 4. The molecule has 1 heterocycles. The minimum absolute atomic E-state index is 0.712. The average molecular weight is 325 g/mol. The van der Waals surface area contributed by atoms with Crippen LogP contribution in [0.15, 0.2) is 34.9 Å². The number of rotatable bonds is 7. The molecule has 0 atom stereocenters. The van der Waals surface area contributed by atoms with Crippen LogP contribution in [0.3, 0.4) is 0 Å². The fraction of sp³-hybridized carbons (Fsp3) is 0.600. The number of benzene rings is 1. The number of nitrogens with zero attached hydrogens (tertiary/aromatic N) is 3. The molecule has 0 unspecified atom stereocenters. The summed E-state index contributed by atoms with van der Waals surface area (Å²) in [6.45, 7) is 2.03. The summed E-state index contributed by atoms with van der Waals surface area (Å²) in [4.78, 5) is 7.27. The minimum Gasteiger partial charge on any atom is -0.338 e. The van der Waals surface area contributed by atoms with Crippen molar-refractivity contribution >= 4 is 0 Å². The summed E-state index contributed by atoms with van der Waals surface area (Å²) in [7, 11) is 0. The largest absolute Gasteiger partial charge is 0.338 e. The molecule has 2 aromatic rings. The Morgan fingerprint density at radius 3 is 2.54 bits per heavy atom. The second-order valence-corrected chi connectivity index (χ2v) is 7.43. The number of hydrogen-bond donors (Lipinski definition) is 0. The minimum atomic E-state index is 0.712. The van der Waals surface area contributed by atoms with Gasteiger partial charge in [0.05, 0.1) is 6.54 Å². The lowest BCUT2D eigenvalue weighted by atomic mass is 9.94. The molecule has 4 nitrogen and oxygen atoms in total. The van der Waals surface area contributed by atoms with E-state index < -0.39 is 0 Å². The normalized spacial score (nSPS) is 19.0. The summed E-state index contributed by atoms with van der Waals surface area (Å²) in [5.41, 5.74) is 1.23. The average Bonchev–Trinajstić information content (AvgIpc) is 3.34. The van der Waals surface area contributed by atoms with Gasteiger partial charge in [0.2, 0.25) is 5.89 Å². The molecule has 128 valence electrons. The zero-order valence-corrected chi connectivity index (χ0v) is 14.4. The van der Waals surface area contributed by atoms with Gasteiger partial charge in [-0.25, -0.2) is 0 Å². The van der Waals surface area contributed by atoms with Crippen LogP contribution in [0.5, 0.6) is 0 Å². The summed E-state index contributed by atoms with van der Waals surface area (Å²) in [5.74, 6) is 2.48. The highest BCUT2D eigenvalue weighted by atomic mass is 16.5. The molecule has 1 aromatic carbocycles. The van der Waals surface area contributed by atoms with Gasteiger partial charge in [0, 0.05) is 19.0 Å². The molecule has 0 amide bonds. The Kier molecular flexibility index (Phi) is 4.93. The summed E-state index contributed by atoms with van der Waals surface area (Å²) < 4.78 is 5.56. The van der Waals surface area contributed by atoms with Crippen LogP contribution >= 0.6 is 0 Å². The zero-order chi connectivity index (χ0) is 16.2.